The smallest absolute Gasteiger partial charge is 0.332 e. The lowest BCUT2D eigenvalue weighted by Crippen LogP contribution is -2.53. The molecule has 2 aromatic rings. The standard InChI is InChI=1S/C22H29N5O3/c28-20-21(29)27(12-17-6-2-1-3-7-17)24-19-14-30-22(16-26(19)20)9-11-25(15-22)13-18-8-4-5-10-23-18/h4-5,8,10,17H,1-3,6-7,9,11-16H2/t22-/m1/s1. The van der Waals surface area contributed by atoms with Crippen LogP contribution in [0.15, 0.2) is 34.0 Å². The molecule has 2 fully saturated rings. The minimum absolute atomic E-state index is 0.275. The molecule has 1 spiro atoms. The van der Waals surface area contributed by atoms with Crippen LogP contribution in [0.2, 0.25) is 0 Å². The summed E-state index contributed by atoms with van der Waals surface area (Å²) < 4.78 is 9.22. The van der Waals surface area contributed by atoms with Crippen LogP contribution in [-0.4, -0.2) is 42.9 Å². The normalized spacial score (nSPS) is 24.9. The van der Waals surface area contributed by atoms with Crippen molar-refractivity contribution in [3.8, 4) is 0 Å². The molecule has 1 aliphatic carbocycles. The van der Waals surface area contributed by atoms with Crippen LogP contribution in [0.3, 0.4) is 0 Å². The number of fused-ring (bicyclic) bond motifs is 1. The number of aromatic nitrogens is 4. The summed E-state index contributed by atoms with van der Waals surface area (Å²) in [7, 11) is 0. The van der Waals surface area contributed by atoms with Crippen LogP contribution < -0.4 is 11.1 Å². The van der Waals surface area contributed by atoms with Crippen LogP contribution >= 0.6 is 0 Å². The average Bonchev–Trinajstić information content (AvgIpc) is 3.16. The van der Waals surface area contributed by atoms with Crippen molar-refractivity contribution in [2.24, 2.45) is 5.92 Å². The number of ether oxygens (including phenoxy) is 1. The predicted octanol–water partition coefficient (Wildman–Crippen LogP) is 1.56. The van der Waals surface area contributed by atoms with E-state index in [4.69, 9.17) is 4.74 Å². The summed E-state index contributed by atoms with van der Waals surface area (Å²) in [6, 6.07) is 5.92. The van der Waals surface area contributed by atoms with Crippen molar-refractivity contribution >= 4 is 0 Å². The molecule has 0 N–H and O–H groups in total. The summed E-state index contributed by atoms with van der Waals surface area (Å²) in [5.74, 6) is 1.02. The molecule has 1 saturated carbocycles. The molecule has 8 heteroatoms. The summed E-state index contributed by atoms with van der Waals surface area (Å²) in [5.41, 5.74) is -0.364. The van der Waals surface area contributed by atoms with E-state index >= 15 is 0 Å². The number of hydrogen-bond acceptors (Lipinski definition) is 6. The molecule has 3 aliphatic rings. The van der Waals surface area contributed by atoms with E-state index < -0.39 is 16.7 Å². The molecule has 0 aromatic carbocycles. The molecule has 1 atom stereocenters. The van der Waals surface area contributed by atoms with Gasteiger partial charge < -0.3 is 4.74 Å². The van der Waals surface area contributed by atoms with E-state index in [0.717, 1.165) is 44.6 Å². The lowest BCUT2D eigenvalue weighted by molar-refractivity contribution is -0.0860. The van der Waals surface area contributed by atoms with Crippen LogP contribution in [0.5, 0.6) is 0 Å². The first-order chi connectivity index (χ1) is 14.6. The first-order valence-electron chi connectivity index (χ1n) is 11.1. The molecule has 1 saturated heterocycles. The third-order valence-corrected chi connectivity index (χ3v) is 6.83. The summed E-state index contributed by atoms with van der Waals surface area (Å²) in [6.07, 6.45) is 8.51. The Morgan fingerprint density at radius 2 is 1.97 bits per heavy atom. The van der Waals surface area contributed by atoms with Crippen molar-refractivity contribution in [1.29, 1.82) is 0 Å². The quantitative estimate of drug-likeness (QED) is 0.710. The van der Waals surface area contributed by atoms with E-state index in [2.05, 4.69) is 15.0 Å². The Hall–Kier alpha value is -2.32. The van der Waals surface area contributed by atoms with Gasteiger partial charge in [-0.2, -0.15) is 5.10 Å². The maximum absolute atomic E-state index is 12.9. The second kappa shape index (κ2) is 8.07. The number of nitrogens with zero attached hydrogens (tertiary/aromatic N) is 5. The molecular formula is C22H29N5O3. The zero-order chi connectivity index (χ0) is 20.6. The van der Waals surface area contributed by atoms with Gasteiger partial charge in [-0.05, 0) is 37.3 Å². The average molecular weight is 412 g/mol. The van der Waals surface area contributed by atoms with Gasteiger partial charge >= 0.3 is 11.1 Å². The first-order valence-corrected chi connectivity index (χ1v) is 11.1. The molecule has 0 radical (unpaired) electrons. The third kappa shape index (κ3) is 3.86. The molecule has 2 aromatic heterocycles. The van der Waals surface area contributed by atoms with Crippen LogP contribution in [0.1, 0.15) is 50.0 Å². The van der Waals surface area contributed by atoms with Gasteiger partial charge in [0.05, 0.1) is 12.2 Å². The SMILES string of the molecule is O=c1c(=O)n2c(nn1CC1CCCCC1)CO[C@@]1(CCN(Cc3ccccn3)C1)C2. The van der Waals surface area contributed by atoms with Crippen LogP contribution in [-0.2, 0) is 31.0 Å². The molecule has 0 amide bonds. The molecule has 0 bridgehead atoms. The summed E-state index contributed by atoms with van der Waals surface area (Å²) in [5, 5.41) is 4.53. The maximum atomic E-state index is 12.9. The van der Waals surface area contributed by atoms with E-state index in [1.807, 2.05) is 18.2 Å². The summed E-state index contributed by atoms with van der Waals surface area (Å²) in [6.45, 7) is 3.58. The van der Waals surface area contributed by atoms with Gasteiger partial charge in [0.15, 0.2) is 5.82 Å². The van der Waals surface area contributed by atoms with Crippen molar-refractivity contribution < 1.29 is 4.74 Å². The number of rotatable bonds is 4. The van der Waals surface area contributed by atoms with Gasteiger partial charge in [0.1, 0.15) is 12.2 Å². The second-order valence-corrected chi connectivity index (χ2v) is 9.05. The molecule has 160 valence electrons. The molecule has 0 unspecified atom stereocenters. The highest BCUT2D eigenvalue weighted by Gasteiger charge is 2.43. The Morgan fingerprint density at radius 3 is 2.77 bits per heavy atom. The lowest BCUT2D eigenvalue weighted by atomic mass is 9.89. The summed E-state index contributed by atoms with van der Waals surface area (Å²) in [4.78, 5) is 32.3. The van der Waals surface area contributed by atoms with Crippen molar-refractivity contribution in [2.75, 3.05) is 13.1 Å². The number of pyridine rings is 1. The fourth-order valence-corrected chi connectivity index (χ4v) is 5.17. The van der Waals surface area contributed by atoms with E-state index in [-0.39, 0.29) is 6.61 Å². The van der Waals surface area contributed by atoms with Gasteiger partial charge in [-0.25, -0.2) is 4.68 Å². The predicted molar refractivity (Wildman–Crippen MR) is 111 cm³/mol. The molecule has 8 nitrogen and oxygen atoms in total. The Kier molecular flexibility index (Phi) is 5.28. The molecule has 30 heavy (non-hydrogen) atoms. The van der Waals surface area contributed by atoms with Gasteiger partial charge in [-0.1, -0.05) is 25.3 Å². The van der Waals surface area contributed by atoms with Crippen molar-refractivity contribution in [2.45, 2.75) is 70.4 Å². The molecule has 4 heterocycles. The monoisotopic (exact) mass is 411 g/mol. The third-order valence-electron chi connectivity index (χ3n) is 6.83. The Bertz CT molecular complexity index is 1010. The Morgan fingerprint density at radius 1 is 1.10 bits per heavy atom. The van der Waals surface area contributed by atoms with Crippen LogP contribution in [0, 0.1) is 5.92 Å². The van der Waals surface area contributed by atoms with Crippen molar-refractivity contribution in [3.05, 3.63) is 56.6 Å². The second-order valence-electron chi connectivity index (χ2n) is 9.05. The van der Waals surface area contributed by atoms with Gasteiger partial charge in [0.2, 0.25) is 0 Å². The molecule has 2 aliphatic heterocycles. The van der Waals surface area contributed by atoms with Gasteiger partial charge in [-0.15, -0.1) is 0 Å². The van der Waals surface area contributed by atoms with Gasteiger partial charge in [-0.3, -0.25) is 24.0 Å². The summed E-state index contributed by atoms with van der Waals surface area (Å²) >= 11 is 0. The van der Waals surface area contributed by atoms with Gasteiger partial charge in [0, 0.05) is 32.4 Å². The highest BCUT2D eigenvalue weighted by atomic mass is 16.5. The van der Waals surface area contributed by atoms with E-state index in [1.165, 1.54) is 23.9 Å². The minimum atomic E-state index is -0.496. The minimum Gasteiger partial charge on any atom is -0.364 e. The van der Waals surface area contributed by atoms with Crippen molar-refractivity contribution in [3.63, 3.8) is 0 Å². The Labute approximate surface area is 175 Å². The van der Waals surface area contributed by atoms with E-state index in [9.17, 15) is 9.59 Å². The van der Waals surface area contributed by atoms with E-state index in [1.54, 1.807) is 10.8 Å². The molecule has 5 rings (SSSR count). The first kappa shape index (κ1) is 19.6. The highest BCUT2D eigenvalue weighted by Crippen LogP contribution is 2.32. The van der Waals surface area contributed by atoms with Crippen LogP contribution in [0.4, 0.5) is 0 Å². The fraction of sp³-hybridized carbons (Fsp3) is 0.636. The topological polar surface area (TPSA) is 82.2 Å². The van der Waals surface area contributed by atoms with Crippen LogP contribution in [0.25, 0.3) is 0 Å². The largest absolute Gasteiger partial charge is 0.364 e. The Balaban J connectivity index is 1.32. The lowest BCUT2D eigenvalue weighted by Gasteiger charge is -2.35. The van der Waals surface area contributed by atoms with Gasteiger partial charge in [0.25, 0.3) is 0 Å². The number of hydrogen-bond donors (Lipinski definition) is 0. The zero-order valence-electron chi connectivity index (χ0n) is 17.3. The fourth-order valence-electron chi connectivity index (χ4n) is 5.17. The zero-order valence-corrected chi connectivity index (χ0v) is 17.3. The molecular weight excluding hydrogens is 382 g/mol. The number of likely N-dealkylation sites (tertiary alicyclic amines) is 1. The highest BCUT2D eigenvalue weighted by molar-refractivity contribution is 5.06. The van der Waals surface area contributed by atoms with E-state index in [0.29, 0.717) is 24.8 Å². The van der Waals surface area contributed by atoms with Crippen molar-refractivity contribution in [1.82, 2.24) is 24.2 Å². The maximum Gasteiger partial charge on any atom is 0.332 e.